The maximum Gasteiger partial charge on any atom is 0.408 e. The van der Waals surface area contributed by atoms with E-state index in [-0.39, 0.29) is 55.0 Å². The van der Waals surface area contributed by atoms with Crippen molar-refractivity contribution < 1.29 is 41.0 Å². The second-order valence-corrected chi connectivity index (χ2v) is 9.69. The first kappa shape index (κ1) is 29.0. The number of carbonyl (C=O) groups excluding carboxylic acids is 2. The summed E-state index contributed by atoms with van der Waals surface area (Å²) in [4.78, 5) is 30.3. The number of esters is 1. The van der Waals surface area contributed by atoms with Crippen LogP contribution in [0.25, 0.3) is 5.65 Å². The van der Waals surface area contributed by atoms with Crippen LogP contribution in [-0.2, 0) is 16.1 Å². The number of halogens is 5. The minimum atomic E-state index is -4.56. The van der Waals surface area contributed by atoms with E-state index in [1.165, 1.54) is 16.8 Å². The van der Waals surface area contributed by atoms with Gasteiger partial charge in [0.05, 0.1) is 30.7 Å². The van der Waals surface area contributed by atoms with Crippen LogP contribution in [0.1, 0.15) is 53.5 Å². The van der Waals surface area contributed by atoms with Crippen LogP contribution < -0.4 is 10.2 Å². The number of hydrogen-bond donors (Lipinski definition) is 1. The van der Waals surface area contributed by atoms with Crippen molar-refractivity contribution in [2.45, 2.75) is 50.4 Å². The third kappa shape index (κ3) is 7.16. The van der Waals surface area contributed by atoms with E-state index in [9.17, 15) is 31.5 Å². The number of ether oxygens (including phenoxy) is 2. The Kier molecular flexibility index (Phi) is 8.45. The number of nitrogens with one attached hydrogen (secondary N) is 1. The summed E-state index contributed by atoms with van der Waals surface area (Å²) in [5.41, 5.74) is 0.505. The molecule has 1 saturated carbocycles. The zero-order valence-electron chi connectivity index (χ0n) is 21.8. The molecule has 3 aromatic rings. The fraction of sp³-hybridized carbons (Fsp3) is 0.462. The quantitative estimate of drug-likeness (QED) is 0.290. The van der Waals surface area contributed by atoms with Crippen molar-refractivity contribution >= 4 is 23.4 Å². The lowest BCUT2D eigenvalue weighted by Crippen LogP contribution is -2.37. The summed E-state index contributed by atoms with van der Waals surface area (Å²) in [6, 6.07) is 9.31. The summed E-state index contributed by atoms with van der Waals surface area (Å²) in [5, 5.41) is 6.85. The Morgan fingerprint density at radius 1 is 1.20 bits per heavy atom. The summed E-state index contributed by atoms with van der Waals surface area (Å²) >= 11 is 0. The number of alkyl halides is 5. The number of imidazole rings is 1. The summed E-state index contributed by atoms with van der Waals surface area (Å²) in [5.74, 6) is -4.21. The molecule has 1 aliphatic carbocycles. The van der Waals surface area contributed by atoms with Crippen molar-refractivity contribution in [2.75, 3.05) is 25.6 Å². The highest BCUT2D eigenvalue weighted by Crippen LogP contribution is 2.41. The van der Waals surface area contributed by atoms with E-state index >= 15 is 0 Å². The molecular formula is C26H28F5N5O4. The SMILES string of the molecule is COC(=O)c1nn2cc([C@@H](NC(=O)OCc3ccccc3)C3CCC(F)(F)CC3)nc2cc1N(C)CC(F)(F)F. The van der Waals surface area contributed by atoms with Gasteiger partial charge in [0, 0.05) is 26.0 Å². The third-order valence-electron chi connectivity index (χ3n) is 6.69. The van der Waals surface area contributed by atoms with Gasteiger partial charge in [-0.05, 0) is 24.3 Å². The molecule has 0 aliphatic heterocycles. The standard InChI is InChI=1S/C26H28F5N5O4/c1-35(15-26(29,30)31)19-12-20-32-18(13-36(20)34-22(19)23(37)39-2)21(17-8-10-25(27,28)11-9-17)33-24(38)40-14-16-6-4-3-5-7-16/h3-7,12-13,17,21H,8-11,14-15H2,1-2H3,(H,33,38)/t21-/m0/s1. The second kappa shape index (κ2) is 11.6. The number of anilines is 1. The molecule has 1 N–H and O–H groups in total. The third-order valence-corrected chi connectivity index (χ3v) is 6.69. The van der Waals surface area contributed by atoms with E-state index < -0.39 is 42.7 Å². The lowest BCUT2D eigenvalue weighted by Gasteiger charge is -2.33. The maximum absolute atomic E-state index is 13.9. The number of fused-ring (bicyclic) bond motifs is 1. The highest BCUT2D eigenvalue weighted by Gasteiger charge is 2.40. The molecule has 0 spiro atoms. The van der Waals surface area contributed by atoms with Crippen LogP contribution >= 0.6 is 0 Å². The molecule has 40 heavy (non-hydrogen) atoms. The van der Waals surface area contributed by atoms with E-state index in [1.807, 2.05) is 6.07 Å². The molecular weight excluding hydrogens is 541 g/mol. The predicted molar refractivity (Wildman–Crippen MR) is 133 cm³/mol. The number of alkyl carbamates (subject to hydrolysis) is 1. The van der Waals surface area contributed by atoms with Gasteiger partial charge in [0.1, 0.15) is 13.2 Å². The first-order chi connectivity index (χ1) is 18.8. The monoisotopic (exact) mass is 569 g/mol. The summed E-state index contributed by atoms with van der Waals surface area (Å²) < 4.78 is 78.2. The Balaban J connectivity index is 1.66. The molecule has 1 fully saturated rings. The van der Waals surface area contributed by atoms with Crippen molar-refractivity contribution in [1.82, 2.24) is 19.9 Å². The number of nitrogens with zero attached hydrogens (tertiary/aromatic N) is 4. The lowest BCUT2D eigenvalue weighted by atomic mass is 9.81. The molecule has 0 unspecified atom stereocenters. The van der Waals surface area contributed by atoms with Crippen LogP contribution in [-0.4, -0.2) is 59.5 Å². The Labute approximate surface area is 226 Å². The molecule has 0 bridgehead atoms. The number of benzene rings is 1. The number of carbonyl (C=O) groups is 2. The number of aromatic nitrogens is 3. The highest BCUT2D eigenvalue weighted by atomic mass is 19.4. The zero-order valence-corrected chi connectivity index (χ0v) is 21.8. The fourth-order valence-corrected chi connectivity index (χ4v) is 4.69. The molecule has 2 aromatic heterocycles. The molecule has 0 saturated heterocycles. The summed E-state index contributed by atoms with van der Waals surface area (Å²) in [7, 11) is 2.22. The van der Waals surface area contributed by atoms with E-state index in [1.54, 1.807) is 24.3 Å². The first-order valence-electron chi connectivity index (χ1n) is 12.5. The van der Waals surface area contributed by atoms with E-state index in [0.717, 1.165) is 24.6 Å². The van der Waals surface area contributed by atoms with Crippen molar-refractivity contribution in [3.8, 4) is 0 Å². The predicted octanol–water partition coefficient (Wildman–Crippen LogP) is 5.31. The van der Waals surface area contributed by atoms with Crippen molar-refractivity contribution in [1.29, 1.82) is 0 Å². The number of methoxy groups -OCH3 is 1. The van der Waals surface area contributed by atoms with Crippen LogP contribution in [0, 0.1) is 5.92 Å². The first-order valence-corrected chi connectivity index (χ1v) is 12.5. The minimum Gasteiger partial charge on any atom is -0.464 e. The molecule has 1 atom stereocenters. The van der Waals surface area contributed by atoms with E-state index in [4.69, 9.17) is 9.47 Å². The molecule has 216 valence electrons. The van der Waals surface area contributed by atoms with Gasteiger partial charge in [0.15, 0.2) is 11.3 Å². The molecule has 1 amide bonds. The number of amides is 1. The summed E-state index contributed by atoms with van der Waals surface area (Å²) in [6.45, 7) is -1.39. The smallest absolute Gasteiger partial charge is 0.408 e. The van der Waals surface area contributed by atoms with Crippen LogP contribution in [0.5, 0.6) is 0 Å². The topological polar surface area (TPSA) is 98.1 Å². The van der Waals surface area contributed by atoms with E-state index in [0.29, 0.717) is 0 Å². The van der Waals surface area contributed by atoms with Gasteiger partial charge in [-0.2, -0.15) is 18.3 Å². The van der Waals surface area contributed by atoms with Crippen LogP contribution in [0.4, 0.5) is 32.4 Å². The van der Waals surface area contributed by atoms with Gasteiger partial charge < -0.3 is 19.7 Å². The summed E-state index contributed by atoms with van der Waals surface area (Å²) in [6.07, 6.45) is -4.54. The molecule has 14 heteroatoms. The molecule has 0 radical (unpaired) electrons. The van der Waals surface area contributed by atoms with Gasteiger partial charge in [-0.15, -0.1) is 0 Å². The zero-order chi connectivity index (χ0) is 29.1. The fourth-order valence-electron chi connectivity index (χ4n) is 4.69. The minimum absolute atomic E-state index is 0.0216. The average Bonchev–Trinajstić information content (AvgIpc) is 3.32. The van der Waals surface area contributed by atoms with Crippen LogP contribution in [0.2, 0.25) is 0 Å². The van der Waals surface area contributed by atoms with Crippen LogP contribution in [0.3, 0.4) is 0 Å². The largest absolute Gasteiger partial charge is 0.464 e. The molecule has 4 rings (SSSR count). The average molecular weight is 570 g/mol. The number of hydrogen-bond acceptors (Lipinski definition) is 7. The normalized spacial score (nSPS) is 16.4. The van der Waals surface area contributed by atoms with Crippen molar-refractivity contribution in [2.24, 2.45) is 5.92 Å². The lowest BCUT2D eigenvalue weighted by molar-refractivity contribution is -0.119. The Morgan fingerprint density at radius 3 is 2.50 bits per heavy atom. The molecule has 2 heterocycles. The maximum atomic E-state index is 13.9. The second-order valence-electron chi connectivity index (χ2n) is 9.69. The van der Waals surface area contributed by atoms with Crippen molar-refractivity contribution in [3.05, 3.63) is 59.5 Å². The van der Waals surface area contributed by atoms with E-state index in [2.05, 4.69) is 15.4 Å². The van der Waals surface area contributed by atoms with Gasteiger partial charge in [-0.25, -0.2) is 27.9 Å². The van der Waals surface area contributed by atoms with Gasteiger partial charge in [-0.3, -0.25) is 0 Å². The highest BCUT2D eigenvalue weighted by molar-refractivity contribution is 5.94. The Bertz CT molecular complexity index is 1340. The number of rotatable bonds is 8. The van der Waals surface area contributed by atoms with Gasteiger partial charge in [0.25, 0.3) is 0 Å². The van der Waals surface area contributed by atoms with Gasteiger partial charge in [-0.1, -0.05) is 30.3 Å². The Morgan fingerprint density at radius 2 is 1.88 bits per heavy atom. The van der Waals surface area contributed by atoms with Gasteiger partial charge in [0.2, 0.25) is 5.92 Å². The van der Waals surface area contributed by atoms with Gasteiger partial charge >= 0.3 is 18.2 Å². The molecule has 1 aliphatic rings. The molecule has 1 aromatic carbocycles. The van der Waals surface area contributed by atoms with Crippen molar-refractivity contribution in [3.63, 3.8) is 0 Å². The van der Waals surface area contributed by atoms with Crippen LogP contribution in [0.15, 0.2) is 42.6 Å². The Hall–Kier alpha value is -3.97. The molecule has 9 nitrogen and oxygen atoms in total.